The molecule has 0 aliphatic carbocycles. The largest absolute Gasteiger partial charge is 0.386 e. The Balaban J connectivity index is 2.06. The van der Waals surface area contributed by atoms with Crippen molar-refractivity contribution in [1.82, 2.24) is 4.72 Å². The minimum absolute atomic E-state index is 0.0302. The van der Waals surface area contributed by atoms with Crippen molar-refractivity contribution in [2.75, 3.05) is 6.54 Å². The molecular weight excluding hydrogens is 294 g/mol. The van der Waals surface area contributed by atoms with E-state index in [1.165, 1.54) is 11.3 Å². The van der Waals surface area contributed by atoms with Gasteiger partial charge in [0.15, 0.2) is 0 Å². The molecule has 2 aromatic rings. The second kappa shape index (κ2) is 6.05. The number of hydrogen-bond acceptors (Lipinski definition) is 4. The summed E-state index contributed by atoms with van der Waals surface area (Å²) in [6, 6.07) is 8.50. The first-order valence-electron chi connectivity index (χ1n) is 6.18. The Hall–Kier alpha value is -1.21. The highest BCUT2D eigenvalue weighted by Gasteiger charge is 2.18. The molecule has 0 radical (unpaired) electrons. The second-order valence-corrected chi connectivity index (χ2v) is 7.36. The average molecular weight is 311 g/mol. The molecule has 0 saturated carbocycles. The molecule has 1 aromatic carbocycles. The zero-order valence-electron chi connectivity index (χ0n) is 11.3. The van der Waals surface area contributed by atoms with Gasteiger partial charge >= 0.3 is 0 Å². The molecule has 0 aliphatic heterocycles. The SMILES string of the molecule is Cc1ccc(S(=O)(=O)NCC(O)c2sccc2C)cc1. The van der Waals surface area contributed by atoms with Gasteiger partial charge in [0.05, 0.1) is 4.90 Å². The number of rotatable bonds is 5. The summed E-state index contributed by atoms with van der Waals surface area (Å²) < 4.78 is 26.6. The lowest BCUT2D eigenvalue weighted by molar-refractivity contribution is 0.185. The summed E-state index contributed by atoms with van der Waals surface area (Å²) in [6.07, 6.45) is -0.824. The topological polar surface area (TPSA) is 66.4 Å². The van der Waals surface area contributed by atoms with Crippen LogP contribution in [0.3, 0.4) is 0 Å². The maximum Gasteiger partial charge on any atom is 0.240 e. The highest BCUT2D eigenvalue weighted by molar-refractivity contribution is 7.89. The molecular formula is C14H17NO3S2. The van der Waals surface area contributed by atoms with Gasteiger partial charge in [-0.15, -0.1) is 11.3 Å². The Labute approximate surface area is 123 Å². The monoisotopic (exact) mass is 311 g/mol. The molecule has 0 saturated heterocycles. The molecule has 0 amide bonds. The third kappa shape index (κ3) is 3.46. The summed E-state index contributed by atoms with van der Waals surface area (Å²) >= 11 is 1.42. The van der Waals surface area contributed by atoms with Gasteiger partial charge in [-0.05, 0) is 43.0 Å². The molecule has 0 spiro atoms. The summed E-state index contributed by atoms with van der Waals surface area (Å²) in [5.74, 6) is 0. The Morgan fingerprint density at radius 2 is 1.85 bits per heavy atom. The van der Waals surface area contributed by atoms with E-state index in [0.29, 0.717) is 0 Å². The summed E-state index contributed by atoms with van der Waals surface area (Å²) in [7, 11) is -3.58. The van der Waals surface area contributed by atoms with E-state index in [-0.39, 0.29) is 11.4 Å². The fraction of sp³-hybridized carbons (Fsp3) is 0.286. The van der Waals surface area contributed by atoms with Crippen LogP contribution in [0.5, 0.6) is 0 Å². The molecule has 2 N–H and O–H groups in total. The Morgan fingerprint density at radius 3 is 2.40 bits per heavy atom. The van der Waals surface area contributed by atoms with Crippen molar-refractivity contribution < 1.29 is 13.5 Å². The first-order valence-corrected chi connectivity index (χ1v) is 8.55. The number of aliphatic hydroxyl groups is 1. The number of sulfonamides is 1. The van der Waals surface area contributed by atoms with E-state index in [1.807, 2.05) is 25.3 Å². The highest BCUT2D eigenvalue weighted by Crippen LogP contribution is 2.23. The van der Waals surface area contributed by atoms with Gasteiger partial charge in [0, 0.05) is 11.4 Å². The smallest absolute Gasteiger partial charge is 0.240 e. The van der Waals surface area contributed by atoms with Crippen LogP contribution in [0.25, 0.3) is 0 Å². The van der Waals surface area contributed by atoms with Gasteiger partial charge in [-0.2, -0.15) is 0 Å². The van der Waals surface area contributed by atoms with Crippen molar-refractivity contribution in [3.63, 3.8) is 0 Å². The molecule has 1 aromatic heterocycles. The minimum atomic E-state index is -3.58. The number of aliphatic hydroxyl groups excluding tert-OH is 1. The van der Waals surface area contributed by atoms with Crippen LogP contribution >= 0.6 is 11.3 Å². The van der Waals surface area contributed by atoms with E-state index in [2.05, 4.69) is 4.72 Å². The maximum atomic E-state index is 12.1. The third-order valence-electron chi connectivity index (χ3n) is 3.00. The van der Waals surface area contributed by atoms with Crippen LogP contribution < -0.4 is 4.72 Å². The van der Waals surface area contributed by atoms with E-state index >= 15 is 0 Å². The van der Waals surface area contributed by atoms with Crippen molar-refractivity contribution in [3.8, 4) is 0 Å². The molecule has 0 aliphatic rings. The average Bonchev–Trinajstić information content (AvgIpc) is 2.83. The third-order valence-corrected chi connectivity index (χ3v) is 5.56. The van der Waals surface area contributed by atoms with Crippen LogP contribution in [0.2, 0.25) is 0 Å². The fourth-order valence-corrected chi connectivity index (χ4v) is 3.76. The predicted octanol–water partition coefficient (Wildman–Crippen LogP) is 2.38. The first kappa shape index (κ1) is 15.2. The Kier molecular flexibility index (Phi) is 4.59. The van der Waals surface area contributed by atoms with E-state index in [0.717, 1.165) is 16.0 Å². The van der Waals surface area contributed by atoms with Gasteiger partial charge in [0.1, 0.15) is 6.10 Å². The number of nitrogens with one attached hydrogen (secondary N) is 1. The molecule has 20 heavy (non-hydrogen) atoms. The predicted molar refractivity (Wildman–Crippen MR) is 80.4 cm³/mol. The first-order chi connectivity index (χ1) is 9.40. The van der Waals surface area contributed by atoms with Crippen molar-refractivity contribution in [2.24, 2.45) is 0 Å². The van der Waals surface area contributed by atoms with Gasteiger partial charge in [-0.1, -0.05) is 17.7 Å². The number of benzene rings is 1. The van der Waals surface area contributed by atoms with Crippen molar-refractivity contribution >= 4 is 21.4 Å². The molecule has 1 heterocycles. The van der Waals surface area contributed by atoms with Crippen molar-refractivity contribution in [1.29, 1.82) is 0 Å². The molecule has 1 atom stereocenters. The van der Waals surface area contributed by atoms with Gasteiger partial charge in [0.25, 0.3) is 0 Å². The molecule has 108 valence electrons. The zero-order chi connectivity index (χ0) is 14.8. The lowest BCUT2D eigenvalue weighted by atomic mass is 10.2. The lowest BCUT2D eigenvalue weighted by Gasteiger charge is -2.12. The number of hydrogen-bond donors (Lipinski definition) is 2. The number of thiophene rings is 1. The van der Waals surface area contributed by atoms with Gasteiger partial charge < -0.3 is 5.11 Å². The molecule has 6 heteroatoms. The molecule has 0 bridgehead atoms. The van der Waals surface area contributed by atoms with Crippen LogP contribution in [0, 0.1) is 13.8 Å². The zero-order valence-corrected chi connectivity index (χ0v) is 13.0. The molecule has 1 unspecified atom stereocenters. The van der Waals surface area contributed by atoms with E-state index in [1.54, 1.807) is 24.3 Å². The quantitative estimate of drug-likeness (QED) is 0.891. The number of aryl methyl sites for hydroxylation is 2. The van der Waals surface area contributed by atoms with Gasteiger partial charge in [-0.3, -0.25) is 0 Å². The van der Waals surface area contributed by atoms with Crippen LogP contribution in [-0.4, -0.2) is 20.1 Å². The molecule has 0 fully saturated rings. The van der Waals surface area contributed by atoms with Crippen LogP contribution in [-0.2, 0) is 10.0 Å². The standard InChI is InChI=1S/C14H17NO3S2/c1-10-3-5-12(6-4-10)20(17,18)15-9-13(16)14-11(2)7-8-19-14/h3-8,13,15-16H,9H2,1-2H3. The summed E-state index contributed by atoms with van der Waals surface area (Å²) in [5, 5.41) is 11.9. The normalized spacial score (nSPS) is 13.3. The van der Waals surface area contributed by atoms with Crippen LogP contribution in [0.15, 0.2) is 40.6 Å². The maximum absolute atomic E-state index is 12.1. The molecule has 4 nitrogen and oxygen atoms in total. The van der Waals surface area contributed by atoms with E-state index in [9.17, 15) is 13.5 Å². The lowest BCUT2D eigenvalue weighted by Crippen LogP contribution is -2.28. The highest BCUT2D eigenvalue weighted by atomic mass is 32.2. The van der Waals surface area contributed by atoms with Crippen molar-refractivity contribution in [3.05, 3.63) is 51.7 Å². The Morgan fingerprint density at radius 1 is 1.20 bits per heavy atom. The summed E-state index contributed by atoms with van der Waals surface area (Å²) in [6.45, 7) is 3.76. The fourth-order valence-electron chi connectivity index (χ4n) is 1.81. The summed E-state index contributed by atoms with van der Waals surface area (Å²) in [5.41, 5.74) is 1.97. The Bertz CT molecular complexity index is 675. The van der Waals surface area contributed by atoms with Gasteiger partial charge in [-0.25, -0.2) is 13.1 Å². The second-order valence-electron chi connectivity index (χ2n) is 4.65. The van der Waals surface area contributed by atoms with E-state index in [4.69, 9.17) is 0 Å². The van der Waals surface area contributed by atoms with Crippen molar-refractivity contribution in [2.45, 2.75) is 24.8 Å². The molecule has 2 rings (SSSR count). The summed E-state index contributed by atoms with van der Waals surface area (Å²) in [4.78, 5) is 0.995. The minimum Gasteiger partial charge on any atom is -0.386 e. The van der Waals surface area contributed by atoms with Crippen LogP contribution in [0.4, 0.5) is 0 Å². The van der Waals surface area contributed by atoms with Gasteiger partial charge in [0.2, 0.25) is 10.0 Å². The van der Waals surface area contributed by atoms with E-state index < -0.39 is 16.1 Å². The van der Waals surface area contributed by atoms with Crippen LogP contribution in [0.1, 0.15) is 22.1 Å².